The van der Waals surface area contributed by atoms with E-state index in [4.69, 9.17) is 5.11 Å². The molecule has 0 atom stereocenters. The highest BCUT2D eigenvalue weighted by Crippen LogP contribution is 2.33. The lowest BCUT2D eigenvalue weighted by molar-refractivity contribution is -0.384. The molecule has 0 unspecified atom stereocenters. The highest BCUT2D eigenvalue weighted by molar-refractivity contribution is 5.99. The summed E-state index contributed by atoms with van der Waals surface area (Å²) in [6.45, 7) is 0. The number of anilines is 1. The van der Waals surface area contributed by atoms with Gasteiger partial charge in [-0.1, -0.05) is 0 Å². The molecule has 1 aliphatic rings. The second kappa shape index (κ2) is 3.85. The molecule has 0 saturated carbocycles. The normalized spacial score (nSPS) is 13.8. The highest BCUT2D eigenvalue weighted by atomic mass is 16.6. The fourth-order valence-electron chi connectivity index (χ4n) is 1.74. The molecule has 0 aromatic heterocycles. The number of carbonyl (C=O) groups excluding carboxylic acids is 1. The fourth-order valence-corrected chi connectivity index (χ4v) is 1.74. The Kier molecular flexibility index (Phi) is 2.51. The summed E-state index contributed by atoms with van der Waals surface area (Å²) in [6, 6.07) is 2.30. The van der Waals surface area contributed by atoms with Crippen LogP contribution in [-0.2, 0) is 11.2 Å². The highest BCUT2D eigenvalue weighted by Gasteiger charge is 2.26. The zero-order valence-electron chi connectivity index (χ0n) is 8.60. The molecule has 2 N–H and O–H groups in total. The van der Waals surface area contributed by atoms with E-state index in [2.05, 4.69) is 5.32 Å². The molecule has 1 heterocycles. The van der Waals surface area contributed by atoms with Crippen LogP contribution in [-0.4, -0.2) is 21.9 Å². The van der Waals surface area contributed by atoms with Crippen molar-refractivity contribution in [1.82, 2.24) is 0 Å². The lowest BCUT2D eigenvalue weighted by atomic mass is 9.99. The maximum absolute atomic E-state index is 11.2. The molecular weight excluding hydrogens is 228 g/mol. The number of nitro benzene ring substituents is 1. The number of carbonyl (C=O) groups is 2. The molecule has 0 saturated heterocycles. The first-order valence-corrected chi connectivity index (χ1v) is 4.83. The number of carboxylic acids is 1. The Hall–Kier alpha value is -2.44. The van der Waals surface area contributed by atoms with Crippen LogP contribution >= 0.6 is 0 Å². The van der Waals surface area contributed by atoms with Gasteiger partial charge in [0.25, 0.3) is 5.69 Å². The largest absolute Gasteiger partial charge is 0.478 e. The van der Waals surface area contributed by atoms with E-state index in [9.17, 15) is 19.7 Å². The van der Waals surface area contributed by atoms with E-state index < -0.39 is 10.9 Å². The standard InChI is InChI=1S/C10H8N2O5/c13-8-2-1-5-3-6(10(14)15)4-7(12(16)17)9(5)11-8/h3-4H,1-2H2,(H,11,13)(H,14,15). The first-order chi connectivity index (χ1) is 7.99. The van der Waals surface area contributed by atoms with Crippen LogP contribution in [0.4, 0.5) is 11.4 Å². The van der Waals surface area contributed by atoms with Crippen molar-refractivity contribution in [2.45, 2.75) is 12.8 Å². The van der Waals surface area contributed by atoms with Crippen molar-refractivity contribution in [3.63, 3.8) is 0 Å². The summed E-state index contributed by atoms with van der Waals surface area (Å²) in [7, 11) is 0. The Morgan fingerprint density at radius 1 is 1.41 bits per heavy atom. The van der Waals surface area contributed by atoms with Gasteiger partial charge in [0, 0.05) is 12.5 Å². The zero-order valence-corrected chi connectivity index (χ0v) is 8.60. The summed E-state index contributed by atoms with van der Waals surface area (Å²) >= 11 is 0. The summed E-state index contributed by atoms with van der Waals surface area (Å²) in [6.07, 6.45) is 0.510. The third kappa shape index (κ3) is 1.94. The zero-order chi connectivity index (χ0) is 12.6. The number of nitro groups is 1. The predicted molar refractivity (Wildman–Crippen MR) is 57.0 cm³/mol. The van der Waals surface area contributed by atoms with Crippen molar-refractivity contribution >= 4 is 23.3 Å². The average Bonchev–Trinajstić information content (AvgIpc) is 2.27. The van der Waals surface area contributed by atoms with Gasteiger partial charge in [0.1, 0.15) is 5.69 Å². The Labute approximate surface area is 95.2 Å². The Bertz CT molecular complexity index is 538. The van der Waals surface area contributed by atoms with E-state index in [1.54, 1.807) is 0 Å². The maximum Gasteiger partial charge on any atom is 0.335 e. The monoisotopic (exact) mass is 236 g/mol. The van der Waals surface area contributed by atoms with Crippen molar-refractivity contribution in [2.24, 2.45) is 0 Å². The van der Waals surface area contributed by atoms with Crippen LogP contribution in [0, 0.1) is 10.1 Å². The van der Waals surface area contributed by atoms with Crippen LogP contribution < -0.4 is 5.32 Å². The maximum atomic E-state index is 11.2. The SMILES string of the molecule is O=C1CCc2cc(C(=O)O)cc([N+](=O)[O-])c2N1. The number of benzene rings is 1. The van der Waals surface area contributed by atoms with Gasteiger partial charge < -0.3 is 10.4 Å². The number of hydrogen-bond acceptors (Lipinski definition) is 4. The minimum atomic E-state index is -1.23. The van der Waals surface area contributed by atoms with Crippen LogP contribution in [0.5, 0.6) is 0 Å². The van der Waals surface area contributed by atoms with Crippen molar-refractivity contribution in [3.8, 4) is 0 Å². The quantitative estimate of drug-likeness (QED) is 0.591. The topological polar surface area (TPSA) is 110 Å². The summed E-state index contributed by atoms with van der Waals surface area (Å²) in [4.78, 5) is 32.1. The molecule has 88 valence electrons. The van der Waals surface area contributed by atoms with Gasteiger partial charge in [0.05, 0.1) is 10.5 Å². The molecule has 0 spiro atoms. The van der Waals surface area contributed by atoms with Gasteiger partial charge in [-0.2, -0.15) is 0 Å². The lowest BCUT2D eigenvalue weighted by Crippen LogP contribution is -2.20. The minimum Gasteiger partial charge on any atom is -0.478 e. The number of nitrogens with zero attached hydrogens (tertiary/aromatic N) is 1. The number of aromatic carboxylic acids is 1. The van der Waals surface area contributed by atoms with E-state index in [0.717, 1.165) is 6.07 Å². The predicted octanol–water partition coefficient (Wildman–Crippen LogP) is 1.18. The molecule has 1 aliphatic heterocycles. The molecule has 0 aliphatic carbocycles. The van der Waals surface area contributed by atoms with Gasteiger partial charge in [-0.25, -0.2) is 4.79 Å². The first kappa shape index (κ1) is 11.1. The third-order valence-corrected chi connectivity index (χ3v) is 2.53. The average molecular weight is 236 g/mol. The second-order valence-corrected chi connectivity index (χ2v) is 3.64. The molecule has 0 bridgehead atoms. The number of amides is 1. The van der Waals surface area contributed by atoms with E-state index in [1.165, 1.54) is 6.07 Å². The van der Waals surface area contributed by atoms with E-state index >= 15 is 0 Å². The second-order valence-electron chi connectivity index (χ2n) is 3.64. The number of aryl methyl sites for hydroxylation is 1. The van der Waals surface area contributed by atoms with Crippen LogP contribution in [0.3, 0.4) is 0 Å². The summed E-state index contributed by atoms with van der Waals surface area (Å²) in [5.41, 5.74) is 0.0620. The Balaban J connectivity index is 2.63. The summed E-state index contributed by atoms with van der Waals surface area (Å²) < 4.78 is 0. The van der Waals surface area contributed by atoms with E-state index in [0.29, 0.717) is 12.0 Å². The minimum absolute atomic E-state index is 0.108. The molecule has 1 amide bonds. The van der Waals surface area contributed by atoms with Crippen LogP contribution in [0.1, 0.15) is 22.3 Å². The third-order valence-electron chi connectivity index (χ3n) is 2.53. The lowest BCUT2D eigenvalue weighted by Gasteiger charge is -2.16. The smallest absolute Gasteiger partial charge is 0.335 e. The molecule has 7 heteroatoms. The molecule has 17 heavy (non-hydrogen) atoms. The van der Waals surface area contributed by atoms with Crippen LogP contribution in [0.15, 0.2) is 12.1 Å². The Morgan fingerprint density at radius 2 is 2.12 bits per heavy atom. The molecular formula is C10H8N2O5. The number of hydrogen-bond donors (Lipinski definition) is 2. The van der Waals surface area contributed by atoms with E-state index in [1.807, 2.05) is 0 Å². The van der Waals surface area contributed by atoms with E-state index in [-0.39, 0.29) is 29.3 Å². The van der Waals surface area contributed by atoms with Crippen molar-refractivity contribution in [1.29, 1.82) is 0 Å². The molecule has 1 aromatic carbocycles. The van der Waals surface area contributed by atoms with Crippen LogP contribution in [0.2, 0.25) is 0 Å². The van der Waals surface area contributed by atoms with Gasteiger partial charge in [-0.3, -0.25) is 14.9 Å². The van der Waals surface area contributed by atoms with Gasteiger partial charge in [0.15, 0.2) is 0 Å². The van der Waals surface area contributed by atoms with Gasteiger partial charge in [-0.05, 0) is 18.1 Å². The van der Waals surface area contributed by atoms with Crippen molar-refractivity contribution in [3.05, 3.63) is 33.4 Å². The Morgan fingerprint density at radius 3 is 2.71 bits per heavy atom. The number of fused-ring (bicyclic) bond motifs is 1. The first-order valence-electron chi connectivity index (χ1n) is 4.83. The van der Waals surface area contributed by atoms with Gasteiger partial charge >= 0.3 is 5.97 Å². The number of nitrogens with one attached hydrogen (secondary N) is 1. The summed E-state index contributed by atoms with van der Waals surface area (Å²) in [5, 5.41) is 22.1. The molecule has 0 fully saturated rings. The number of rotatable bonds is 2. The molecule has 7 nitrogen and oxygen atoms in total. The number of carboxylic acid groups (broad SMARTS) is 1. The fraction of sp³-hybridized carbons (Fsp3) is 0.200. The van der Waals surface area contributed by atoms with Gasteiger partial charge in [0.2, 0.25) is 5.91 Å². The molecule has 1 aromatic rings. The van der Waals surface area contributed by atoms with Gasteiger partial charge in [-0.15, -0.1) is 0 Å². The van der Waals surface area contributed by atoms with Crippen LogP contribution in [0.25, 0.3) is 0 Å². The van der Waals surface area contributed by atoms with Crippen molar-refractivity contribution < 1.29 is 19.6 Å². The summed E-state index contributed by atoms with van der Waals surface area (Å²) in [5.74, 6) is -1.53. The molecule has 2 rings (SSSR count). The molecule has 0 radical (unpaired) electrons. The van der Waals surface area contributed by atoms with Crippen molar-refractivity contribution in [2.75, 3.05) is 5.32 Å².